The van der Waals surface area contributed by atoms with Crippen LogP contribution in [-0.2, 0) is 7.05 Å². The molecule has 0 radical (unpaired) electrons. The van der Waals surface area contributed by atoms with Crippen LogP contribution < -0.4 is 16.0 Å². The third-order valence-electron chi connectivity index (χ3n) is 5.49. The quantitative estimate of drug-likeness (QED) is 0.570. The SMILES string of the molecule is Cn1ncc(NC(=O)c2nc(-c3ccccc3F)sc2N)c1N1CCC[C@](C)(O)CC1. The topological polar surface area (TPSA) is 109 Å². The zero-order valence-electron chi connectivity index (χ0n) is 17.4. The maximum Gasteiger partial charge on any atom is 0.277 e. The van der Waals surface area contributed by atoms with Crippen molar-refractivity contribution in [1.29, 1.82) is 0 Å². The van der Waals surface area contributed by atoms with Crippen molar-refractivity contribution in [1.82, 2.24) is 14.8 Å². The summed E-state index contributed by atoms with van der Waals surface area (Å²) in [7, 11) is 1.81. The molecule has 0 unspecified atom stereocenters. The van der Waals surface area contributed by atoms with E-state index >= 15 is 0 Å². The molecule has 1 aromatic carbocycles. The predicted octanol–water partition coefficient (Wildman–Crippen LogP) is 3.26. The molecule has 31 heavy (non-hydrogen) atoms. The molecule has 2 aromatic heterocycles. The highest BCUT2D eigenvalue weighted by Crippen LogP contribution is 2.34. The first-order valence-electron chi connectivity index (χ1n) is 10.1. The lowest BCUT2D eigenvalue weighted by atomic mass is 9.98. The van der Waals surface area contributed by atoms with Gasteiger partial charge >= 0.3 is 0 Å². The predicted molar refractivity (Wildman–Crippen MR) is 120 cm³/mol. The zero-order valence-corrected chi connectivity index (χ0v) is 18.2. The molecule has 1 saturated heterocycles. The number of halogens is 1. The molecule has 164 valence electrons. The smallest absolute Gasteiger partial charge is 0.277 e. The number of benzene rings is 1. The van der Waals surface area contributed by atoms with Crippen LogP contribution in [0.4, 0.5) is 20.9 Å². The van der Waals surface area contributed by atoms with Crippen molar-refractivity contribution in [3.05, 3.63) is 42.0 Å². The molecule has 3 heterocycles. The van der Waals surface area contributed by atoms with Gasteiger partial charge in [0.25, 0.3) is 5.91 Å². The number of nitrogens with two attached hydrogens (primary N) is 1. The number of hydrogen-bond acceptors (Lipinski definition) is 7. The van der Waals surface area contributed by atoms with Crippen LogP contribution in [0.1, 0.15) is 36.7 Å². The Balaban J connectivity index is 1.57. The monoisotopic (exact) mass is 444 g/mol. The summed E-state index contributed by atoms with van der Waals surface area (Å²) in [5.74, 6) is -0.142. The molecule has 0 aliphatic carbocycles. The van der Waals surface area contributed by atoms with Gasteiger partial charge < -0.3 is 21.1 Å². The van der Waals surface area contributed by atoms with Crippen molar-refractivity contribution in [2.24, 2.45) is 7.05 Å². The second-order valence-electron chi connectivity index (χ2n) is 8.01. The van der Waals surface area contributed by atoms with E-state index in [0.717, 1.165) is 36.5 Å². The number of carbonyl (C=O) groups is 1. The van der Waals surface area contributed by atoms with E-state index in [0.29, 0.717) is 29.2 Å². The number of aliphatic hydroxyl groups is 1. The van der Waals surface area contributed by atoms with Gasteiger partial charge in [-0.2, -0.15) is 5.10 Å². The lowest BCUT2D eigenvalue weighted by Crippen LogP contribution is -2.30. The molecule has 10 heteroatoms. The number of rotatable bonds is 4. The highest BCUT2D eigenvalue weighted by molar-refractivity contribution is 7.19. The van der Waals surface area contributed by atoms with E-state index in [2.05, 4.69) is 20.3 Å². The Morgan fingerprint density at radius 3 is 2.87 bits per heavy atom. The molecule has 0 saturated carbocycles. The summed E-state index contributed by atoms with van der Waals surface area (Å²) in [5, 5.41) is 18.1. The molecule has 1 fully saturated rings. The number of aryl methyl sites for hydroxylation is 1. The summed E-state index contributed by atoms with van der Waals surface area (Å²) in [6.45, 7) is 3.24. The van der Waals surface area contributed by atoms with Crippen molar-refractivity contribution in [3.8, 4) is 10.6 Å². The Kier molecular flexibility index (Phi) is 5.67. The van der Waals surface area contributed by atoms with Crippen LogP contribution in [0.5, 0.6) is 0 Å². The lowest BCUT2D eigenvalue weighted by molar-refractivity contribution is 0.0481. The third-order valence-corrected chi connectivity index (χ3v) is 6.41. The van der Waals surface area contributed by atoms with Gasteiger partial charge in [-0.1, -0.05) is 23.5 Å². The standard InChI is InChI=1S/C21H25FN6O2S/c1-21(30)8-5-10-28(11-9-21)20-15(12-24-27(20)2)25-18(29)16-17(23)31-19(26-16)13-6-3-4-7-14(13)22/h3-4,6-7,12,30H,5,8-11,23H2,1-2H3,(H,25,29)/t21-/m0/s1. The summed E-state index contributed by atoms with van der Waals surface area (Å²) in [5.41, 5.74) is 6.23. The fourth-order valence-corrected chi connectivity index (χ4v) is 4.65. The number of nitrogens with zero attached hydrogens (tertiary/aromatic N) is 4. The van der Waals surface area contributed by atoms with E-state index in [-0.39, 0.29) is 10.7 Å². The van der Waals surface area contributed by atoms with Gasteiger partial charge in [0, 0.05) is 25.7 Å². The Morgan fingerprint density at radius 1 is 1.32 bits per heavy atom. The molecule has 1 amide bonds. The molecule has 4 rings (SSSR count). The van der Waals surface area contributed by atoms with Crippen LogP contribution >= 0.6 is 11.3 Å². The minimum Gasteiger partial charge on any atom is -0.390 e. The molecular formula is C21H25FN6O2S. The molecule has 1 aliphatic heterocycles. The first-order chi connectivity index (χ1) is 14.7. The van der Waals surface area contributed by atoms with Gasteiger partial charge in [-0.25, -0.2) is 9.37 Å². The van der Waals surface area contributed by atoms with Gasteiger partial charge in [0.1, 0.15) is 21.5 Å². The van der Waals surface area contributed by atoms with Gasteiger partial charge in [-0.05, 0) is 38.3 Å². The molecule has 3 aromatic rings. The van der Waals surface area contributed by atoms with Gasteiger partial charge in [-0.3, -0.25) is 9.48 Å². The van der Waals surface area contributed by atoms with E-state index in [1.807, 2.05) is 14.0 Å². The maximum atomic E-state index is 14.1. The summed E-state index contributed by atoms with van der Waals surface area (Å²) < 4.78 is 15.8. The minimum absolute atomic E-state index is 0.0526. The number of nitrogen functional groups attached to an aromatic ring is 1. The number of hydrogen-bond donors (Lipinski definition) is 3. The van der Waals surface area contributed by atoms with Gasteiger partial charge in [0.2, 0.25) is 0 Å². The molecule has 1 atom stereocenters. The summed E-state index contributed by atoms with van der Waals surface area (Å²) >= 11 is 1.07. The molecule has 8 nitrogen and oxygen atoms in total. The zero-order chi connectivity index (χ0) is 22.2. The summed E-state index contributed by atoms with van der Waals surface area (Å²) in [6.07, 6.45) is 3.75. The lowest BCUT2D eigenvalue weighted by Gasteiger charge is -2.25. The second-order valence-corrected chi connectivity index (χ2v) is 9.04. The number of carbonyl (C=O) groups excluding carboxylic acids is 1. The number of anilines is 3. The van der Waals surface area contributed by atoms with Crippen molar-refractivity contribution in [2.45, 2.75) is 31.8 Å². The van der Waals surface area contributed by atoms with Crippen molar-refractivity contribution in [3.63, 3.8) is 0 Å². The van der Waals surface area contributed by atoms with E-state index < -0.39 is 17.3 Å². The number of nitrogens with one attached hydrogen (secondary N) is 1. The molecule has 1 aliphatic rings. The van der Waals surface area contributed by atoms with E-state index in [1.54, 1.807) is 29.1 Å². The highest BCUT2D eigenvalue weighted by Gasteiger charge is 2.28. The number of thiazole rings is 1. The molecule has 0 spiro atoms. The largest absolute Gasteiger partial charge is 0.390 e. The van der Waals surface area contributed by atoms with Crippen LogP contribution in [-0.4, -0.2) is 44.5 Å². The van der Waals surface area contributed by atoms with E-state index in [1.165, 1.54) is 6.07 Å². The number of amides is 1. The fourth-order valence-electron chi connectivity index (χ4n) is 3.80. The van der Waals surface area contributed by atoms with Gasteiger partial charge in [-0.15, -0.1) is 0 Å². The average Bonchev–Trinajstić information content (AvgIpc) is 3.22. The van der Waals surface area contributed by atoms with Crippen LogP contribution in [0.25, 0.3) is 10.6 Å². The summed E-state index contributed by atoms with van der Waals surface area (Å²) in [6, 6.07) is 6.24. The first-order valence-corrected chi connectivity index (χ1v) is 10.9. The van der Waals surface area contributed by atoms with Gasteiger partial charge in [0.15, 0.2) is 11.5 Å². The van der Waals surface area contributed by atoms with Crippen LogP contribution in [0.2, 0.25) is 0 Å². The van der Waals surface area contributed by atoms with Crippen LogP contribution in [0, 0.1) is 5.82 Å². The fraction of sp³-hybridized carbons (Fsp3) is 0.381. The normalized spacial score (nSPS) is 19.3. The van der Waals surface area contributed by atoms with Crippen LogP contribution in [0.3, 0.4) is 0 Å². The minimum atomic E-state index is -0.699. The highest BCUT2D eigenvalue weighted by atomic mass is 32.1. The molecular weight excluding hydrogens is 419 g/mol. The third kappa shape index (κ3) is 4.40. The van der Waals surface area contributed by atoms with E-state index in [9.17, 15) is 14.3 Å². The maximum absolute atomic E-state index is 14.1. The van der Waals surface area contributed by atoms with Crippen molar-refractivity contribution >= 4 is 33.8 Å². The Bertz CT molecular complexity index is 1110. The van der Waals surface area contributed by atoms with Crippen molar-refractivity contribution < 1.29 is 14.3 Å². The number of aromatic nitrogens is 3. The second kappa shape index (κ2) is 8.27. The van der Waals surface area contributed by atoms with Crippen LogP contribution in [0.15, 0.2) is 30.5 Å². The van der Waals surface area contributed by atoms with E-state index in [4.69, 9.17) is 5.73 Å². The first kappa shape index (κ1) is 21.3. The molecule has 4 N–H and O–H groups in total. The average molecular weight is 445 g/mol. The Labute approximate surface area is 183 Å². The molecule has 0 bridgehead atoms. The van der Waals surface area contributed by atoms with Crippen molar-refractivity contribution in [2.75, 3.05) is 29.0 Å². The Hall–Kier alpha value is -2.98. The Morgan fingerprint density at radius 2 is 2.10 bits per heavy atom. The summed E-state index contributed by atoms with van der Waals surface area (Å²) in [4.78, 5) is 19.3. The van der Waals surface area contributed by atoms with Gasteiger partial charge in [0.05, 0.1) is 11.8 Å².